The fourth-order valence-corrected chi connectivity index (χ4v) is 4.85. The molecule has 1 aromatic carbocycles. The zero-order chi connectivity index (χ0) is 22.1. The summed E-state index contributed by atoms with van der Waals surface area (Å²) in [5, 5.41) is 10.9. The van der Waals surface area contributed by atoms with Gasteiger partial charge in [-0.05, 0) is 60.8 Å². The number of fused-ring (bicyclic) bond motifs is 1. The number of hydrogen-bond acceptors (Lipinski definition) is 6. The van der Waals surface area contributed by atoms with Crippen LogP contribution in [0, 0.1) is 17.3 Å². The second kappa shape index (κ2) is 8.26. The number of carbonyl (C=O) groups is 1. The molecule has 0 unspecified atom stereocenters. The van der Waals surface area contributed by atoms with E-state index in [0.717, 1.165) is 18.0 Å². The van der Waals surface area contributed by atoms with Gasteiger partial charge in [0.05, 0.1) is 5.69 Å². The zero-order valence-corrected chi connectivity index (χ0v) is 18.3. The van der Waals surface area contributed by atoms with Gasteiger partial charge in [0.2, 0.25) is 0 Å². The lowest BCUT2D eigenvalue weighted by Crippen LogP contribution is -2.48. The van der Waals surface area contributed by atoms with Crippen molar-refractivity contribution in [2.45, 2.75) is 39.7 Å². The van der Waals surface area contributed by atoms with Crippen molar-refractivity contribution in [2.75, 3.05) is 6.54 Å². The lowest BCUT2D eigenvalue weighted by atomic mass is 9.48. The lowest BCUT2D eigenvalue weighted by molar-refractivity contribution is -0.00811. The third kappa shape index (κ3) is 3.92. The van der Waals surface area contributed by atoms with Gasteiger partial charge in [0.15, 0.2) is 11.5 Å². The molecule has 3 aromatic rings. The van der Waals surface area contributed by atoms with Crippen molar-refractivity contribution >= 4 is 5.91 Å². The highest BCUT2D eigenvalue weighted by atomic mass is 16.5. The number of allylic oxidation sites excluding steroid dienone is 1. The molecule has 0 radical (unpaired) electrons. The molecule has 1 saturated carbocycles. The molecular formula is C24H27N5O3. The summed E-state index contributed by atoms with van der Waals surface area (Å²) in [5.41, 5.74) is 3.05. The van der Waals surface area contributed by atoms with Crippen molar-refractivity contribution in [3.63, 3.8) is 0 Å². The van der Waals surface area contributed by atoms with Gasteiger partial charge in [-0.15, -0.1) is 0 Å². The van der Waals surface area contributed by atoms with E-state index >= 15 is 0 Å². The number of ether oxygens (including phenoxy) is 1. The van der Waals surface area contributed by atoms with Crippen LogP contribution in [0.1, 0.15) is 49.4 Å². The molecule has 1 amide bonds. The van der Waals surface area contributed by atoms with E-state index in [0.29, 0.717) is 29.4 Å². The summed E-state index contributed by atoms with van der Waals surface area (Å²) in [6, 6.07) is 9.07. The average molecular weight is 434 g/mol. The molecule has 1 N–H and O–H groups in total. The van der Waals surface area contributed by atoms with E-state index in [1.54, 1.807) is 17.1 Å². The molecular weight excluding hydrogens is 406 g/mol. The number of rotatable bonds is 8. The number of carbonyl (C=O) groups excluding carboxylic acids is 1. The topological polar surface area (TPSA) is 95.1 Å². The van der Waals surface area contributed by atoms with Crippen molar-refractivity contribution < 1.29 is 14.1 Å². The molecule has 8 heteroatoms. The predicted molar refractivity (Wildman–Crippen MR) is 117 cm³/mol. The molecule has 8 nitrogen and oxygen atoms in total. The van der Waals surface area contributed by atoms with Gasteiger partial charge in [-0.2, -0.15) is 5.10 Å². The van der Waals surface area contributed by atoms with Gasteiger partial charge < -0.3 is 14.6 Å². The molecule has 0 spiro atoms. The summed E-state index contributed by atoms with van der Waals surface area (Å²) < 4.78 is 12.7. The quantitative estimate of drug-likeness (QED) is 0.541. The number of amides is 1. The van der Waals surface area contributed by atoms with E-state index in [1.807, 2.05) is 24.3 Å². The third-order valence-electron chi connectivity index (χ3n) is 6.97. The predicted octanol–water partition coefficient (Wildman–Crippen LogP) is 3.95. The van der Waals surface area contributed by atoms with Crippen LogP contribution in [0.3, 0.4) is 0 Å². The monoisotopic (exact) mass is 433 g/mol. The first kappa shape index (κ1) is 20.5. The number of aromatic nitrogens is 4. The van der Waals surface area contributed by atoms with Crippen molar-refractivity contribution in [3.05, 3.63) is 66.1 Å². The van der Waals surface area contributed by atoms with E-state index < -0.39 is 0 Å². The third-order valence-corrected chi connectivity index (χ3v) is 6.97. The number of nitrogens with zero attached hydrogens (tertiary/aromatic N) is 4. The Morgan fingerprint density at radius 2 is 2.16 bits per heavy atom. The molecule has 2 atom stereocenters. The van der Waals surface area contributed by atoms with Crippen LogP contribution in [0.15, 0.2) is 59.2 Å². The maximum atomic E-state index is 12.4. The van der Waals surface area contributed by atoms with Crippen molar-refractivity contribution in [1.82, 2.24) is 25.2 Å². The summed E-state index contributed by atoms with van der Waals surface area (Å²) in [6.07, 6.45) is 8.85. The molecule has 32 heavy (non-hydrogen) atoms. The number of hydrogen-bond donors (Lipinski definition) is 1. The van der Waals surface area contributed by atoms with Gasteiger partial charge >= 0.3 is 0 Å². The maximum Gasteiger partial charge on any atom is 0.273 e. The lowest BCUT2D eigenvalue weighted by Gasteiger charge is -2.56. The highest BCUT2D eigenvalue weighted by Crippen LogP contribution is 2.59. The number of nitrogens with one attached hydrogen (secondary N) is 1. The second-order valence-electron chi connectivity index (χ2n) is 9.13. The molecule has 2 bridgehead atoms. The van der Waals surface area contributed by atoms with Gasteiger partial charge in [-0.1, -0.05) is 30.7 Å². The molecule has 0 aliphatic heterocycles. The first-order chi connectivity index (χ1) is 15.5. The first-order valence-corrected chi connectivity index (χ1v) is 11.0. The first-order valence-electron chi connectivity index (χ1n) is 11.0. The Morgan fingerprint density at radius 1 is 1.31 bits per heavy atom. The van der Waals surface area contributed by atoms with Gasteiger partial charge in [-0.25, -0.2) is 9.67 Å². The van der Waals surface area contributed by atoms with E-state index in [9.17, 15) is 4.79 Å². The maximum absolute atomic E-state index is 12.4. The summed E-state index contributed by atoms with van der Waals surface area (Å²) in [7, 11) is 0. The summed E-state index contributed by atoms with van der Waals surface area (Å²) in [5.74, 6) is 2.44. The molecule has 2 heterocycles. The van der Waals surface area contributed by atoms with E-state index in [4.69, 9.17) is 9.26 Å². The van der Waals surface area contributed by atoms with Crippen LogP contribution in [-0.2, 0) is 6.61 Å². The Bertz CT molecular complexity index is 1110. The highest BCUT2D eigenvalue weighted by molar-refractivity contribution is 5.92. The largest absolute Gasteiger partial charge is 0.486 e. The minimum absolute atomic E-state index is 0.188. The molecule has 2 aromatic heterocycles. The van der Waals surface area contributed by atoms with Gasteiger partial charge in [0.1, 0.15) is 25.0 Å². The molecule has 6 rings (SSSR count). The van der Waals surface area contributed by atoms with E-state index in [-0.39, 0.29) is 18.2 Å². The van der Waals surface area contributed by atoms with Gasteiger partial charge in [0, 0.05) is 12.6 Å². The zero-order valence-electron chi connectivity index (χ0n) is 18.3. The van der Waals surface area contributed by atoms with Gasteiger partial charge in [0.25, 0.3) is 5.91 Å². The summed E-state index contributed by atoms with van der Waals surface area (Å²) in [6.45, 7) is 5.52. The number of benzene rings is 1. The van der Waals surface area contributed by atoms with Crippen molar-refractivity contribution in [2.24, 2.45) is 17.3 Å². The molecule has 3 aliphatic carbocycles. The summed E-state index contributed by atoms with van der Waals surface area (Å²) >= 11 is 0. The Hall–Kier alpha value is -3.42. The smallest absolute Gasteiger partial charge is 0.273 e. The minimum Gasteiger partial charge on any atom is -0.486 e. The van der Waals surface area contributed by atoms with Crippen LogP contribution < -0.4 is 10.1 Å². The average Bonchev–Trinajstić information content (AvgIpc) is 3.50. The SMILES string of the molecule is CC1(C)[C@H]2CC=C(CCNC(=O)c3cc(COc4ccc(-n5cncn5)cc4)on3)[C@@H]1C2. The Labute approximate surface area is 186 Å². The van der Waals surface area contributed by atoms with Crippen LogP contribution in [0.5, 0.6) is 5.75 Å². The summed E-state index contributed by atoms with van der Waals surface area (Å²) in [4.78, 5) is 16.4. The Morgan fingerprint density at radius 3 is 2.88 bits per heavy atom. The molecule has 1 fully saturated rings. The molecule has 3 aliphatic rings. The van der Waals surface area contributed by atoms with Crippen LogP contribution in [0.4, 0.5) is 0 Å². The highest BCUT2D eigenvalue weighted by Gasteiger charge is 2.50. The standard InChI is InChI=1S/C24H27N5O3/c1-24(2)17-4-3-16(21(24)11-17)9-10-26-23(30)22-12-20(32-28-22)13-31-19-7-5-18(6-8-19)29-15-25-14-27-29/h3,5-8,12,14-15,17,21H,4,9-11,13H2,1-2H3,(H,26,30)/t17-,21-/m0/s1. The van der Waals surface area contributed by atoms with Crippen molar-refractivity contribution in [3.8, 4) is 11.4 Å². The van der Waals surface area contributed by atoms with Crippen LogP contribution in [-0.4, -0.2) is 32.4 Å². The van der Waals surface area contributed by atoms with Crippen LogP contribution in [0.2, 0.25) is 0 Å². The van der Waals surface area contributed by atoms with Crippen LogP contribution in [0.25, 0.3) is 5.69 Å². The van der Waals surface area contributed by atoms with Crippen molar-refractivity contribution in [1.29, 1.82) is 0 Å². The molecule has 0 saturated heterocycles. The minimum atomic E-state index is -0.223. The fraction of sp³-hybridized carbons (Fsp3) is 0.417. The van der Waals surface area contributed by atoms with E-state index in [1.165, 1.54) is 24.7 Å². The Kier molecular flexibility index (Phi) is 5.28. The fourth-order valence-electron chi connectivity index (χ4n) is 4.85. The normalized spacial score (nSPS) is 20.9. The second-order valence-corrected chi connectivity index (χ2v) is 9.13. The van der Waals surface area contributed by atoms with E-state index in [2.05, 4.69) is 40.5 Å². The van der Waals surface area contributed by atoms with Crippen LogP contribution >= 0.6 is 0 Å². The molecule has 166 valence electrons. The van der Waals surface area contributed by atoms with Gasteiger partial charge in [-0.3, -0.25) is 4.79 Å². The Balaban J connectivity index is 1.09.